The van der Waals surface area contributed by atoms with Crippen LogP contribution in [-0.2, 0) is 26.9 Å². The Kier molecular flexibility index (Phi) is 5.53. The molecule has 2 aromatic carbocycles. The number of aromatic nitrogens is 2. The third-order valence-electron chi connectivity index (χ3n) is 5.53. The molecule has 0 radical (unpaired) electrons. The van der Waals surface area contributed by atoms with Crippen molar-refractivity contribution in [3.8, 4) is 11.1 Å². The summed E-state index contributed by atoms with van der Waals surface area (Å²) >= 11 is 0. The second kappa shape index (κ2) is 7.96. The molecule has 0 aliphatic carbocycles. The minimum atomic E-state index is -4.11. The number of nitrogens with zero attached hydrogens (tertiary/aromatic N) is 2. The van der Waals surface area contributed by atoms with E-state index < -0.39 is 31.2 Å². The van der Waals surface area contributed by atoms with Gasteiger partial charge in [0.1, 0.15) is 11.3 Å². The van der Waals surface area contributed by atoms with Crippen LogP contribution in [0.2, 0.25) is 0 Å². The van der Waals surface area contributed by atoms with Crippen molar-refractivity contribution >= 4 is 30.8 Å². The maximum Gasteiger partial charge on any atom is 0.275 e. The van der Waals surface area contributed by atoms with Gasteiger partial charge in [0.15, 0.2) is 9.84 Å². The third kappa shape index (κ3) is 3.79. The smallest absolute Gasteiger partial charge is 0.275 e. The Hall–Kier alpha value is -3.24. The topological polar surface area (TPSA) is 95.2 Å². The summed E-state index contributed by atoms with van der Waals surface area (Å²) < 4.78 is 68.1. The van der Waals surface area contributed by atoms with Gasteiger partial charge in [0.05, 0.1) is 15.5 Å². The third-order valence-corrected chi connectivity index (χ3v) is 8.96. The van der Waals surface area contributed by atoms with Gasteiger partial charge in [-0.05, 0) is 43.3 Å². The van der Waals surface area contributed by atoms with Gasteiger partial charge in [0.25, 0.3) is 15.6 Å². The van der Waals surface area contributed by atoms with Gasteiger partial charge in [-0.15, -0.1) is 0 Å². The molecule has 2 aromatic heterocycles. The number of hydrogen-bond donors (Lipinski definition) is 0. The molecule has 0 amide bonds. The van der Waals surface area contributed by atoms with Crippen molar-refractivity contribution in [3.05, 3.63) is 82.7 Å². The highest BCUT2D eigenvalue weighted by atomic mass is 32.2. The first kappa shape index (κ1) is 22.9. The Morgan fingerprint density at radius 1 is 0.909 bits per heavy atom. The first-order valence-electron chi connectivity index (χ1n) is 10.0. The molecule has 4 rings (SSSR count). The van der Waals surface area contributed by atoms with E-state index in [9.17, 15) is 26.0 Å². The van der Waals surface area contributed by atoms with E-state index in [0.29, 0.717) is 0 Å². The van der Waals surface area contributed by atoms with E-state index in [1.165, 1.54) is 56.7 Å². The molecule has 2 heterocycles. The van der Waals surface area contributed by atoms with Crippen LogP contribution in [0.25, 0.3) is 22.0 Å². The number of hydrogen-bond acceptors (Lipinski definition) is 5. The molecule has 172 valence electrons. The monoisotopic (exact) mass is 488 g/mol. The number of rotatable bonds is 5. The lowest BCUT2D eigenvalue weighted by Crippen LogP contribution is -2.22. The van der Waals surface area contributed by atoms with Crippen molar-refractivity contribution in [2.24, 2.45) is 7.05 Å². The average Bonchev–Trinajstić information content (AvgIpc) is 3.23. The van der Waals surface area contributed by atoms with Crippen LogP contribution in [-0.4, -0.2) is 31.1 Å². The SMILES string of the molecule is CCS(=O)(=O)c1ccc(F)c(-c2cn(C)c(=O)c3c2ccn3S(=O)(=O)c2ccc(C)cc2)c1. The summed E-state index contributed by atoms with van der Waals surface area (Å²) in [5, 5.41) is 0.193. The quantitative estimate of drug-likeness (QED) is 0.401. The normalized spacial score (nSPS) is 12.4. The highest BCUT2D eigenvalue weighted by Crippen LogP contribution is 2.32. The molecule has 33 heavy (non-hydrogen) atoms. The lowest BCUT2D eigenvalue weighted by molar-refractivity contribution is 0.588. The summed E-state index contributed by atoms with van der Waals surface area (Å²) in [7, 11) is -6.30. The Morgan fingerprint density at radius 3 is 2.18 bits per heavy atom. The van der Waals surface area contributed by atoms with E-state index in [1.54, 1.807) is 12.1 Å². The predicted molar refractivity (Wildman–Crippen MR) is 124 cm³/mol. The summed E-state index contributed by atoms with van der Waals surface area (Å²) in [6.07, 6.45) is 2.61. The summed E-state index contributed by atoms with van der Waals surface area (Å²) in [6, 6.07) is 11.1. The van der Waals surface area contributed by atoms with Gasteiger partial charge in [0.2, 0.25) is 0 Å². The van der Waals surface area contributed by atoms with E-state index in [1.807, 2.05) is 6.92 Å². The Bertz CT molecular complexity index is 1670. The molecule has 0 unspecified atom stereocenters. The van der Waals surface area contributed by atoms with Crippen molar-refractivity contribution < 1.29 is 21.2 Å². The fraction of sp³-hybridized carbons (Fsp3) is 0.174. The number of sulfone groups is 1. The van der Waals surface area contributed by atoms with E-state index in [-0.39, 0.29) is 37.6 Å². The zero-order valence-electron chi connectivity index (χ0n) is 18.1. The van der Waals surface area contributed by atoms with Crippen LogP contribution in [0.3, 0.4) is 0 Å². The molecule has 0 saturated carbocycles. The number of aryl methyl sites for hydroxylation is 2. The molecule has 0 N–H and O–H groups in total. The minimum absolute atomic E-state index is 0.000253. The van der Waals surface area contributed by atoms with Crippen LogP contribution in [0.1, 0.15) is 12.5 Å². The predicted octanol–water partition coefficient (Wildman–Crippen LogP) is 3.49. The van der Waals surface area contributed by atoms with Crippen LogP contribution in [0.5, 0.6) is 0 Å². The minimum Gasteiger partial charge on any atom is -0.316 e. The Morgan fingerprint density at radius 2 is 1.55 bits per heavy atom. The molecule has 4 aromatic rings. The van der Waals surface area contributed by atoms with Crippen molar-refractivity contribution in [1.82, 2.24) is 8.54 Å². The molecule has 0 bridgehead atoms. The summed E-state index contributed by atoms with van der Waals surface area (Å²) in [5.41, 5.74) is 0.291. The van der Waals surface area contributed by atoms with Gasteiger partial charge in [0, 0.05) is 36.0 Å². The molecule has 0 aliphatic heterocycles. The van der Waals surface area contributed by atoms with Crippen LogP contribution in [0.4, 0.5) is 4.39 Å². The highest BCUT2D eigenvalue weighted by Gasteiger charge is 2.24. The Balaban J connectivity index is 2.03. The number of pyridine rings is 1. The van der Waals surface area contributed by atoms with Crippen molar-refractivity contribution in [3.63, 3.8) is 0 Å². The second-order valence-corrected chi connectivity index (χ2v) is 11.8. The maximum absolute atomic E-state index is 14.8. The van der Waals surface area contributed by atoms with Gasteiger partial charge in [-0.3, -0.25) is 4.79 Å². The van der Waals surface area contributed by atoms with Gasteiger partial charge in [-0.1, -0.05) is 24.6 Å². The second-order valence-electron chi connectivity index (χ2n) is 7.70. The fourth-order valence-corrected chi connectivity index (χ4v) is 5.89. The molecule has 10 heteroatoms. The average molecular weight is 489 g/mol. The molecule has 0 spiro atoms. The van der Waals surface area contributed by atoms with E-state index in [2.05, 4.69) is 0 Å². The van der Waals surface area contributed by atoms with Crippen molar-refractivity contribution in [1.29, 1.82) is 0 Å². The van der Waals surface area contributed by atoms with E-state index in [4.69, 9.17) is 0 Å². The van der Waals surface area contributed by atoms with Crippen molar-refractivity contribution in [2.75, 3.05) is 5.75 Å². The van der Waals surface area contributed by atoms with Crippen LogP contribution in [0.15, 0.2) is 75.5 Å². The largest absolute Gasteiger partial charge is 0.316 e. The molecule has 0 atom stereocenters. The molecule has 0 aliphatic rings. The lowest BCUT2D eigenvalue weighted by atomic mass is 10.0. The first-order chi connectivity index (χ1) is 15.5. The van der Waals surface area contributed by atoms with Gasteiger partial charge in [-0.25, -0.2) is 25.2 Å². The number of benzene rings is 2. The summed E-state index contributed by atoms with van der Waals surface area (Å²) in [4.78, 5) is 12.9. The van der Waals surface area contributed by atoms with Crippen molar-refractivity contribution in [2.45, 2.75) is 23.6 Å². The molecular weight excluding hydrogens is 467 g/mol. The molecule has 7 nitrogen and oxygen atoms in total. The van der Waals surface area contributed by atoms with E-state index in [0.717, 1.165) is 20.2 Å². The van der Waals surface area contributed by atoms with Gasteiger partial charge < -0.3 is 4.57 Å². The standard InChI is InChI=1S/C23H21FN2O5S2/c1-4-32(28,29)17-9-10-21(24)19(13-17)20-14-25(3)23(27)22-18(20)11-12-26(22)33(30,31)16-7-5-15(2)6-8-16/h5-14H,4H2,1-3H3. The molecule has 0 fully saturated rings. The highest BCUT2D eigenvalue weighted by molar-refractivity contribution is 7.91. The lowest BCUT2D eigenvalue weighted by Gasteiger charge is -2.12. The summed E-state index contributed by atoms with van der Waals surface area (Å²) in [6.45, 7) is 3.31. The summed E-state index contributed by atoms with van der Waals surface area (Å²) in [5.74, 6) is -0.856. The fourth-order valence-electron chi connectivity index (χ4n) is 3.64. The first-order valence-corrected chi connectivity index (χ1v) is 13.1. The maximum atomic E-state index is 14.8. The molecular formula is C23H21FN2O5S2. The number of halogens is 1. The zero-order valence-corrected chi connectivity index (χ0v) is 19.7. The van der Waals surface area contributed by atoms with Crippen LogP contribution < -0.4 is 5.56 Å². The zero-order chi connectivity index (χ0) is 24.1. The Labute approximate surface area is 190 Å². The van der Waals surface area contributed by atoms with Crippen LogP contribution in [0, 0.1) is 12.7 Å². The molecule has 0 saturated heterocycles. The van der Waals surface area contributed by atoms with Gasteiger partial charge >= 0.3 is 0 Å². The van der Waals surface area contributed by atoms with Crippen LogP contribution >= 0.6 is 0 Å². The van der Waals surface area contributed by atoms with E-state index >= 15 is 0 Å². The number of fused-ring (bicyclic) bond motifs is 1. The van der Waals surface area contributed by atoms with Gasteiger partial charge in [-0.2, -0.15) is 0 Å².